The highest BCUT2D eigenvalue weighted by molar-refractivity contribution is 6.15. The molecular weight excluding hydrogens is 360 g/mol. The minimum absolute atomic E-state index is 0.0397. The van der Waals surface area contributed by atoms with Gasteiger partial charge in [-0.25, -0.2) is 0 Å². The Labute approximate surface area is 163 Å². The summed E-state index contributed by atoms with van der Waals surface area (Å²) in [5.74, 6) is -0.768. The van der Waals surface area contributed by atoms with Crippen LogP contribution in [0.4, 0.5) is 0 Å². The van der Waals surface area contributed by atoms with Crippen LogP contribution in [-0.4, -0.2) is 55.5 Å². The second-order valence-electron chi connectivity index (χ2n) is 6.93. The van der Waals surface area contributed by atoms with Gasteiger partial charge in [-0.2, -0.15) is 0 Å². The number of hydrogen-bond acceptors (Lipinski definition) is 5. The number of rotatable bonds is 8. The molecule has 1 aromatic heterocycles. The van der Waals surface area contributed by atoms with E-state index >= 15 is 0 Å². The largest absolute Gasteiger partial charge is 0.503 e. The van der Waals surface area contributed by atoms with E-state index in [0.29, 0.717) is 25.4 Å². The summed E-state index contributed by atoms with van der Waals surface area (Å²) in [5.41, 5.74) is 0.766. The molecule has 1 aromatic carbocycles. The van der Waals surface area contributed by atoms with Gasteiger partial charge in [0.2, 0.25) is 5.78 Å². The molecular formula is C21H25N2O5+. The summed E-state index contributed by atoms with van der Waals surface area (Å²) in [6.45, 7) is 3.52. The molecule has 1 amide bonds. The van der Waals surface area contributed by atoms with Gasteiger partial charge in [0.15, 0.2) is 11.5 Å². The predicted molar refractivity (Wildman–Crippen MR) is 102 cm³/mol. The molecule has 2 aromatic rings. The lowest BCUT2D eigenvalue weighted by atomic mass is 9.95. The van der Waals surface area contributed by atoms with Gasteiger partial charge in [0, 0.05) is 0 Å². The van der Waals surface area contributed by atoms with Crippen molar-refractivity contribution >= 4 is 11.7 Å². The Hall–Kier alpha value is -3.06. The molecule has 0 radical (unpaired) electrons. The van der Waals surface area contributed by atoms with Crippen LogP contribution in [0.2, 0.25) is 0 Å². The lowest BCUT2D eigenvalue weighted by Crippen LogP contribution is -3.06. The minimum atomic E-state index is -0.680. The second kappa shape index (κ2) is 8.31. The summed E-state index contributed by atoms with van der Waals surface area (Å²) in [6, 6.07) is 9.65. The van der Waals surface area contributed by atoms with Crippen LogP contribution in [0.1, 0.15) is 29.1 Å². The molecule has 0 fully saturated rings. The highest BCUT2D eigenvalue weighted by Gasteiger charge is 2.44. The molecule has 7 nitrogen and oxygen atoms in total. The number of benzene rings is 1. The number of Topliss-reactive ketones (excluding diaryl/α,β-unsaturated/α-hetero) is 1. The van der Waals surface area contributed by atoms with E-state index in [-0.39, 0.29) is 11.3 Å². The van der Waals surface area contributed by atoms with Crippen molar-refractivity contribution in [3.05, 3.63) is 65.3 Å². The fraction of sp³-hybridized carbons (Fsp3) is 0.333. The SMILES string of the molecule is CCOc1ccc([C@H]2C(C(=O)c3ccco3)=C(O)C(=O)N2CC[NH+](C)C)cc1. The first-order valence-electron chi connectivity index (χ1n) is 9.28. The Balaban J connectivity index is 2.01. The first-order chi connectivity index (χ1) is 13.4. The average molecular weight is 385 g/mol. The zero-order chi connectivity index (χ0) is 20.3. The average Bonchev–Trinajstić information content (AvgIpc) is 3.29. The monoisotopic (exact) mass is 385 g/mol. The fourth-order valence-electron chi connectivity index (χ4n) is 3.26. The number of carbonyl (C=O) groups is 2. The number of ether oxygens (including phenoxy) is 1. The lowest BCUT2D eigenvalue weighted by molar-refractivity contribution is -0.857. The molecule has 0 aliphatic carbocycles. The third kappa shape index (κ3) is 3.80. The van der Waals surface area contributed by atoms with Crippen LogP contribution in [0.25, 0.3) is 0 Å². The topological polar surface area (TPSA) is 84.4 Å². The molecule has 148 valence electrons. The van der Waals surface area contributed by atoms with Crippen molar-refractivity contribution in [1.29, 1.82) is 0 Å². The van der Waals surface area contributed by atoms with Gasteiger partial charge in [0.05, 0.1) is 51.7 Å². The predicted octanol–water partition coefficient (Wildman–Crippen LogP) is 1.40. The van der Waals surface area contributed by atoms with Gasteiger partial charge in [0.25, 0.3) is 5.91 Å². The van der Waals surface area contributed by atoms with Gasteiger partial charge >= 0.3 is 0 Å². The summed E-state index contributed by atoms with van der Waals surface area (Å²) < 4.78 is 10.7. The molecule has 3 rings (SSSR count). The molecule has 2 N–H and O–H groups in total. The number of nitrogens with one attached hydrogen (secondary N) is 1. The van der Waals surface area contributed by atoms with Gasteiger partial charge in [-0.05, 0) is 36.8 Å². The number of quaternary nitrogens is 1. The zero-order valence-electron chi connectivity index (χ0n) is 16.3. The van der Waals surface area contributed by atoms with Crippen molar-refractivity contribution < 1.29 is 28.7 Å². The maximum absolute atomic E-state index is 13.0. The molecule has 1 aliphatic rings. The third-order valence-corrected chi connectivity index (χ3v) is 4.65. The van der Waals surface area contributed by atoms with Crippen molar-refractivity contribution in [3.63, 3.8) is 0 Å². The zero-order valence-corrected chi connectivity index (χ0v) is 16.3. The van der Waals surface area contributed by atoms with E-state index in [0.717, 1.165) is 10.5 Å². The van der Waals surface area contributed by atoms with Gasteiger partial charge in [-0.1, -0.05) is 12.1 Å². The van der Waals surface area contributed by atoms with E-state index in [1.54, 1.807) is 18.2 Å². The van der Waals surface area contributed by atoms with Crippen molar-refractivity contribution in [3.8, 4) is 5.75 Å². The maximum atomic E-state index is 13.0. The van der Waals surface area contributed by atoms with Crippen molar-refractivity contribution in [2.45, 2.75) is 13.0 Å². The molecule has 0 saturated heterocycles. The van der Waals surface area contributed by atoms with E-state index < -0.39 is 23.5 Å². The number of hydrogen-bond donors (Lipinski definition) is 2. The molecule has 1 atom stereocenters. The maximum Gasteiger partial charge on any atom is 0.290 e. The van der Waals surface area contributed by atoms with Crippen LogP contribution < -0.4 is 9.64 Å². The van der Waals surface area contributed by atoms with Gasteiger partial charge in [-0.3, -0.25) is 9.59 Å². The Kier molecular flexibility index (Phi) is 5.84. The highest BCUT2D eigenvalue weighted by atomic mass is 16.5. The minimum Gasteiger partial charge on any atom is -0.503 e. The Morgan fingerprint density at radius 1 is 1.25 bits per heavy atom. The molecule has 0 saturated carbocycles. The van der Waals surface area contributed by atoms with Crippen molar-refractivity contribution in [2.75, 3.05) is 33.8 Å². The summed E-state index contributed by atoms with van der Waals surface area (Å²) in [6.07, 6.45) is 1.39. The standard InChI is InChI=1S/C21H24N2O5/c1-4-27-15-9-7-14(8-10-15)18-17(19(24)16-6-5-13-28-16)20(25)21(26)23(18)12-11-22(2)3/h5-10,13,18,25H,4,11-12H2,1-3H3/p+1/t18-/m0/s1. The van der Waals surface area contributed by atoms with Gasteiger partial charge < -0.3 is 24.1 Å². The number of aliphatic hydroxyl groups excluding tert-OH is 1. The van der Waals surface area contributed by atoms with Crippen LogP contribution in [0.15, 0.2) is 58.4 Å². The van der Waals surface area contributed by atoms with E-state index in [1.165, 1.54) is 17.2 Å². The third-order valence-electron chi connectivity index (χ3n) is 4.65. The van der Waals surface area contributed by atoms with Crippen LogP contribution in [0, 0.1) is 0 Å². The van der Waals surface area contributed by atoms with E-state index in [4.69, 9.17) is 9.15 Å². The quantitative estimate of drug-likeness (QED) is 0.671. The molecule has 0 unspecified atom stereocenters. The summed E-state index contributed by atoms with van der Waals surface area (Å²) in [7, 11) is 3.96. The number of furan rings is 1. The molecule has 1 aliphatic heterocycles. The number of likely N-dealkylation sites (N-methyl/N-ethyl adjacent to an activating group) is 1. The second-order valence-corrected chi connectivity index (χ2v) is 6.93. The van der Waals surface area contributed by atoms with Crippen molar-refractivity contribution in [1.82, 2.24) is 4.90 Å². The van der Waals surface area contributed by atoms with Crippen LogP contribution in [-0.2, 0) is 4.79 Å². The van der Waals surface area contributed by atoms with Gasteiger partial charge in [-0.15, -0.1) is 0 Å². The lowest BCUT2D eigenvalue weighted by Gasteiger charge is -2.27. The normalized spacial score (nSPS) is 16.9. The Bertz CT molecular complexity index is 869. The highest BCUT2D eigenvalue weighted by Crippen LogP contribution is 2.39. The number of amides is 1. The molecule has 2 heterocycles. The van der Waals surface area contributed by atoms with Gasteiger partial charge in [0.1, 0.15) is 5.75 Å². The summed E-state index contributed by atoms with van der Waals surface area (Å²) >= 11 is 0. The first-order valence-corrected chi connectivity index (χ1v) is 9.28. The fourth-order valence-corrected chi connectivity index (χ4v) is 3.26. The number of ketones is 1. The molecule has 7 heteroatoms. The number of carbonyl (C=O) groups excluding carboxylic acids is 2. The van der Waals surface area contributed by atoms with E-state index in [1.807, 2.05) is 33.2 Å². The summed E-state index contributed by atoms with van der Waals surface area (Å²) in [4.78, 5) is 28.4. The number of nitrogens with zero attached hydrogens (tertiary/aromatic N) is 1. The molecule has 28 heavy (non-hydrogen) atoms. The molecule has 0 bridgehead atoms. The van der Waals surface area contributed by atoms with E-state index in [9.17, 15) is 14.7 Å². The summed E-state index contributed by atoms with van der Waals surface area (Å²) in [5, 5.41) is 10.5. The molecule has 0 spiro atoms. The smallest absolute Gasteiger partial charge is 0.290 e. The van der Waals surface area contributed by atoms with Crippen LogP contribution >= 0.6 is 0 Å². The Morgan fingerprint density at radius 3 is 2.54 bits per heavy atom. The van der Waals surface area contributed by atoms with Crippen LogP contribution in [0.3, 0.4) is 0 Å². The van der Waals surface area contributed by atoms with Crippen LogP contribution in [0.5, 0.6) is 5.75 Å². The van der Waals surface area contributed by atoms with E-state index in [2.05, 4.69) is 0 Å². The Morgan fingerprint density at radius 2 is 1.96 bits per heavy atom. The first kappa shape index (κ1) is 19.7. The number of aliphatic hydroxyl groups is 1. The van der Waals surface area contributed by atoms with Crippen molar-refractivity contribution in [2.24, 2.45) is 0 Å².